The Morgan fingerprint density at radius 3 is 2.81 bits per heavy atom. The number of nitrogens with zero attached hydrogens (tertiary/aromatic N) is 7. The molecule has 1 N–H and O–H groups in total. The molecular weight excluding hydrogens is 512 g/mol. The van der Waals surface area contributed by atoms with Crippen LogP contribution in [0.25, 0.3) is 22.2 Å². The number of aromatic amines is 1. The van der Waals surface area contributed by atoms with Crippen LogP contribution in [0.1, 0.15) is 37.2 Å². The quantitative estimate of drug-likeness (QED) is 0.266. The summed E-state index contributed by atoms with van der Waals surface area (Å²) in [5, 5.41) is 10.2. The van der Waals surface area contributed by atoms with Crippen molar-refractivity contribution in [3.05, 3.63) is 81.9 Å². The normalized spacial score (nSPS) is 15.9. The minimum absolute atomic E-state index is 0. The number of fused-ring (bicyclic) bond motifs is 2. The van der Waals surface area contributed by atoms with E-state index < -0.39 is 0 Å². The van der Waals surface area contributed by atoms with Gasteiger partial charge in [0, 0.05) is 24.5 Å². The van der Waals surface area contributed by atoms with E-state index >= 15 is 0 Å². The molecule has 1 atom stereocenters. The molecule has 1 aliphatic heterocycles. The minimum Gasteiger partial charge on any atom is -0.399 e. The first-order chi connectivity index (χ1) is 17.6. The highest BCUT2D eigenvalue weighted by Gasteiger charge is 2.34. The fraction of sp³-hybridized carbons (Fsp3) is 0.240. The van der Waals surface area contributed by atoms with Crippen LogP contribution in [0.2, 0.25) is 5.02 Å². The summed E-state index contributed by atoms with van der Waals surface area (Å²) < 4.78 is 3.24. The lowest BCUT2D eigenvalue weighted by molar-refractivity contribution is 0.213. The zero-order chi connectivity index (χ0) is 24.8. The smallest absolute Gasteiger partial charge is 0.284 e. The summed E-state index contributed by atoms with van der Waals surface area (Å²) in [4.78, 5) is 33.3. The third-order valence-electron chi connectivity index (χ3n) is 6.57. The van der Waals surface area contributed by atoms with Gasteiger partial charge in [-0.2, -0.15) is 18.6 Å². The van der Waals surface area contributed by atoms with E-state index in [0.717, 1.165) is 41.8 Å². The van der Waals surface area contributed by atoms with E-state index in [-0.39, 0.29) is 25.1 Å². The van der Waals surface area contributed by atoms with Crippen LogP contribution in [0.3, 0.4) is 0 Å². The van der Waals surface area contributed by atoms with Crippen molar-refractivity contribution in [3.63, 3.8) is 0 Å². The molecule has 5 heterocycles. The molecule has 0 amide bonds. The number of hydrogen-bond donors (Lipinski definition) is 1. The molecule has 10 nitrogen and oxygen atoms in total. The summed E-state index contributed by atoms with van der Waals surface area (Å²) in [7, 11) is 1.52. The van der Waals surface area contributed by atoms with Gasteiger partial charge in [0.05, 0.1) is 27.8 Å². The molecule has 1 saturated heterocycles. The Balaban J connectivity index is 0.00000280. The van der Waals surface area contributed by atoms with Crippen molar-refractivity contribution in [3.8, 4) is 5.69 Å². The van der Waals surface area contributed by atoms with Crippen LogP contribution in [0.4, 0.5) is 5.82 Å². The maximum atomic E-state index is 13.8. The molecule has 12 heteroatoms. The average Bonchev–Trinajstić information content (AvgIpc) is 3.63. The van der Waals surface area contributed by atoms with E-state index in [1.54, 1.807) is 27.7 Å². The van der Waals surface area contributed by atoms with Gasteiger partial charge in [-0.05, 0) is 38.0 Å². The molecule has 0 aliphatic carbocycles. The standard InChI is InChI=1S/C25H23ClN8O2.H2S/c1-15(31-36-2)17-13-27-22-20(17)24(29-14-28-22)32-11-6-9-19(32)23-30-33-12-10-18(26)21(33)25(35)34(23)16-7-4-3-5-8-16;/h3-5,7-8,10,12-14,19H,6,9,11H2,1-2H3,(H,27,28,29);1H2/b31-15+;/t19-;/m0./s1. The Kier molecular flexibility index (Phi) is 6.65. The highest BCUT2D eigenvalue weighted by molar-refractivity contribution is 7.59. The Morgan fingerprint density at radius 2 is 2.03 bits per heavy atom. The summed E-state index contributed by atoms with van der Waals surface area (Å²) in [5.41, 5.74) is 3.12. The minimum atomic E-state index is -0.216. The van der Waals surface area contributed by atoms with Gasteiger partial charge in [-0.1, -0.05) is 35.0 Å². The number of nitrogens with one attached hydrogen (secondary N) is 1. The van der Waals surface area contributed by atoms with E-state index in [1.165, 1.54) is 7.11 Å². The molecule has 1 aliphatic rings. The fourth-order valence-electron chi connectivity index (χ4n) is 5.01. The van der Waals surface area contributed by atoms with E-state index in [2.05, 4.69) is 25.0 Å². The molecule has 37 heavy (non-hydrogen) atoms. The topological polar surface area (TPSA) is 106 Å². The zero-order valence-electron chi connectivity index (χ0n) is 20.2. The van der Waals surface area contributed by atoms with Crippen molar-refractivity contribution < 1.29 is 4.84 Å². The van der Waals surface area contributed by atoms with Crippen LogP contribution in [0.5, 0.6) is 0 Å². The zero-order valence-corrected chi connectivity index (χ0v) is 22.0. The van der Waals surface area contributed by atoms with Crippen molar-refractivity contribution >= 4 is 53.2 Å². The predicted molar refractivity (Wildman–Crippen MR) is 149 cm³/mol. The number of hydrogen-bond acceptors (Lipinski definition) is 7. The van der Waals surface area contributed by atoms with Gasteiger partial charge < -0.3 is 14.7 Å². The van der Waals surface area contributed by atoms with Crippen molar-refractivity contribution in [2.24, 2.45) is 5.16 Å². The summed E-state index contributed by atoms with van der Waals surface area (Å²) in [6.07, 6.45) is 6.84. The maximum Gasteiger partial charge on any atom is 0.284 e. The first-order valence-corrected chi connectivity index (χ1v) is 12.0. The Morgan fingerprint density at radius 1 is 1.22 bits per heavy atom. The van der Waals surface area contributed by atoms with Gasteiger partial charge in [-0.3, -0.25) is 9.36 Å². The number of benzene rings is 1. The molecule has 4 aromatic heterocycles. The third kappa shape index (κ3) is 4.04. The van der Waals surface area contributed by atoms with Gasteiger partial charge in [0.15, 0.2) is 5.82 Å². The first kappa shape index (κ1) is 24.8. The molecule has 0 spiro atoms. The molecule has 1 fully saturated rings. The maximum absolute atomic E-state index is 13.8. The molecular formula is C25H25ClN8O2S. The largest absolute Gasteiger partial charge is 0.399 e. The third-order valence-corrected chi connectivity index (χ3v) is 6.87. The molecule has 1 aromatic carbocycles. The molecule has 0 radical (unpaired) electrons. The highest BCUT2D eigenvalue weighted by atomic mass is 35.5. The Labute approximate surface area is 224 Å². The van der Waals surface area contributed by atoms with Gasteiger partial charge in [0.25, 0.3) is 5.56 Å². The van der Waals surface area contributed by atoms with Crippen molar-refractivity contribution in [2.45, 2.75) is 25.8 Å². The number of anilines is 1. The van der Waals surface area contributed by atoms with Crippen LogP contribution >= 0.6 is 25.1 Å². The highest BCUT2D eigenvalue weighted by Crippen LogP contribution is 2.38. The van der Waals surface area contributed by atoms with Crippen LogP contribution in [-0.2, 0) is 4.84 Å². The number of H-pyrrole nitrogens is 1. The van der Waals surface area contributed by atoms with E-state index in [4.69, 9.17) is 21.5 Å². The number of aromatic nitrogens is 6. The summed E-state index contributed by atoms with van der Waals surface area (Å²) in [6, 6.07) is 11.0. The van der Waals surface area contributed by atoms with Crippen molar-refractivity contribution in [1.82, 2.24) is 29.1 Å². The lowest BCUT2D eigenvalue weighted by Gasteiger charge is -2.28. The average molecular weight is 537 g/mol. The number of oxime groups is 1. The number of halogens is 1. The lowest BCUT2D eigenvalue weighted by Crippen LogP contribution is -2.33. The van der Waals surface area contributed by atoms with Crippen LogP contribution in [-0.4, -0.2) is 48.5 Å². The van der Waals surface area contributed by atoms with Crippen molar-refractivity contribution in [1.29, 1.82) is 0 Å². The molecule has 5 aromatic rings. The SMILES string of the molecule is CO/N=C(\C)c1c[nH]c2ncnc(N3CCC[C@H]3c3nn4ccc(Cl)c4c(=O)n3-c3ccccc3)c12.S. The summed E-state index contributed by atoms with van der Waals surface area (Å²) in [5.74, 6) is 1.37. The molecule has 0 saturated carbocycles. The second-order valence-corrected chi connectivity index (χ2v) is 9.03. The summed E-state index contributed by atoms with van der Waals surface area (Å²) >= 11 is 6.37. The Bertz CT molecular complexity index is 1680. The van der Waals surface area contributed by atoms with Gasteiger partial charge in [0.2, 0.25) is 0 Å². The predicted octanol–water partition coefficient (Wildman–Crippen LogP) is 4.23. The van der Waals surface area contributed by atoms with Gasteiger partial charge in [-0.25, -0.2) is 14.5 Å². The molecule has 190 valence electrons. The number of para-hydroxylation sites is 1. The van der Waals surface area contributed by atoms with E-state index in [9.17, 15) is 4.79 Å². The second-order valence-electron chi connectivity index (χ2n) is 8.63. The van der Waals surface area contributed by atoms with Crippen LogP contribution < -0.4 is 10.5 Å². The number of rotatable bonds is 5. The molecule has 0 bridgehead atoms. The lowest BCUT2D eigenvalue weighted by atomic mass is 10.1. The van der Waals surface area contributed by atoms with Crippen LogP contribution in [0.15, 0.2) is 65.1 Å². The molecule has 6 rings (SSSR count). The molecule has 0 unspecified atom stereocenters. The Hall–Kier alpha value is -3.83. The van der Waals surface area contributed by atoms with Gasteiger partial charge in [-0.15, -0.1) is 0 Å². The summed E-state index contributed by atoms with van der Waals surface area (Å²) in [6.45, 7) is 2.62. The van der Waals surface area contributed by atoms with Crippen LogP contribution in [0, 0.1) is 0 Å². The van der Waals surface area contributed by atoms with Gasteiger partial charge >= 0.3 is 0 Å². The first-order valence-electron chi connectivity index (χ1n) is 11.6. The monoisotopic (exact) mass is 536 g/mol. The van der Waals surface area contributed by atoms with Crippen molar-refractivity contribution in [2.75, 3.05) is 18.6 Å². The van der Waals surface area contributed by atoms with E-state index in [1.807, 2.05) is 43.5 Å². The second kappa shape index (κ2) is 9.91. The van der Waals surface area contributed by atoms with E-state index in [0.29, 0.717) is 27.7 Å². The fourth-order valence-corrected chi connectivity index (χ4v) is 5.24. The van der Waals surface area contributed by atoms with Gasteiger partial charge in [0.1, 0.15) is 30.4 Å².